The lowest BCUT2D eigenvalue weighted by atomic mass is 10.2. The number of anilines is 3. The second-order valence-electron chi connectivity index (χ2n) is 5.70. The van der Waals surface area contributed by atoms with Crippen molar-refractivity contribution in [3.05, 3.63) is 59.2 Å². The fourth-order valence-electron chi connectivity index (χ4n) is 2.69. The van der Waals surface area contributed by atoms with Gasteiger partial charge in [-0.05, 0) is 12.1 Å². The van der Waals surface area contributed by atoms with Crippen molar-refractivity contribution < 1.29 is 9.32 Å². The number of amides is 1. The number of carbonyl (C=O) groups excluding carboxylic acids is 1. The van der Waals surface area contributed by atoms with Gasteiger partial charge in [-0.15, -0.1) is 0 Å². The molecule has 0 atom stereocenters. The van der Waals surface area contributed by atoms with Gasteiger partial charge in [0.15, 0.2) is 5.52 Å². The molecule has 0 spiro atoms. The fourth-order valence-corrected chi connectivity index (χ4v) is 2.69. The number of hydrogen-bond donors (Lipinski definition) is 3. The summed E-state index contributed by atoms with van der Waals surface area (Å²) in [6.45, 7) is 0. The van der Waals surface area contributed by atoms with Crippen LogP contribution in [0.5, 0.6) is 0 Å². The van der Waals surface area contributed by atoms with E-state index in [0.29, 0.717) is 22.7 Å². The van der Waals surface area contributed by atoms with Crippen LogP contribution in [0.25, 0.3) is 16.7 Å². The van der Waals surface area contributed by atoms with Gasteiger partial charge in [0, 0.05) is 19.3 Å². The molecule has 0 bridgehead atoms. The first-order valence-corrected chi connectivity index (χ1v) is 8.10. The van der Waals surface area contributed by atoms with Crippen molar-refractivity contribution in [1.82, 2.24) is 24.7 Å². The minimum absolute atomic E-state index is 0.165. The number of aromatic nitrogens is 5. The van der Waals surface area contributed by atoms with E-state index in [2.05, 4.69) is 30.7 Å². The van der Waals surface area contributed by atoms with E-state index in [1.807, 2.05) is 0 Å². The van der Waals surface area contributed by atoms with Crippen LogP contribution in [-0.4, -0.2) is 37.6 Å². The number of rotatable bonds is 5. The minimum atomic E-state index is -0.791. The first kappa shape index (κ1) is 17.1. The van der Waals surface area contributed by atoms with Gasteiger partial charge in [-0.1, -0.05) is 5.16 Å². The van der Waals surface area contributed by atoms with Crippen LogP contribution in [0.4, 0.5) is 17.2 Å². The molecule has 0 unspecified atom stereocenters. The number of primary amides is 1. The van der Waals surface area contributed by atoms with Gasteiger partial charge in [0.1, 0.15) is 23.3 Å². The van der Waals surface area contributed by atoms with Gasteiger partial charge in [-0.25, -0.2) is 15.0 Å². The van der Waals surface area contributed by atoms with Gasteiger partial charge in [-0.2, -0.15) is 0 Å². The lowest BCUT2D eigenvalue weighted by molar-refractivity contribution is 0.0967. The molecule has 140 valence electrons. The molecule has 4 aromatic rings. The van der Waals surface area contributed by atoms with Crippen LogP contribution in [0, 0.1) is 0 Å². The number of carbonyl (C=O) groups is 1. The smallest absolute Gasteiger partial charge is 0.289 e. The zero-order valence-electron chi connectivity index (χ0n) is 14.6. The van der Waals surface area contributed by atoms with Crippen LogP contribution in [0.2, 0.25) is 0 Å². The van der Waals surface area contributed by atoms with E-state index in [-0.39, 0.29) is 22.5 Å². The van der Waals surface area contributed by atoms with E-state index in [1.165, 1.54) is 23.3 Å². The molecule has 0 saturated heterocycles. The Hall–Kier alpha value is -4.28. The second-order valence-corrected chi connectivity index (χ2v) is 5.70. The summed E-state index contributed by atoms with van der Waals surface area (Å²) in [6, 6.07) is 4.94. The summed E-state index contributed by atoms with van der Waals surface area (Å²) in [4.78, 5) is 36.5. The van der Waals surface area contributed by atoms with Gasteiger partial charge < -0.3 is 20.9 Å². The van der Waals surface area contributed by atoms with Gasteiger partial charge in [-0.3, -0.25) is 14.2 Å². The molecule has 28 heavy (non-hydrogen) atoms. The molecular formula is C17H14N8O3. The highest BCUT2D eigenvalue weighted by Gasteiger charge is 2.19. The van der Waals surface area contributed by atoms with Gasteiger partial charge in [0.25, 0.3) is 11.5 Å². The van der Waals surface area contributed by atoms with E-state index in [0.717, 1.165) is 0 Å². The quantitative estimate of drug-likeness (QED) is 0.462. The van der Waals surface area contributed by atoms with E-state index in [9.17, 15) is 9.59 Å². The fraction of sp³-hybridized carbons (Fsp3) is 0.0588. The highest BCUT2D eigenvalue weighted by atomic mass is 16.5. The summed E-state index contributed by atoms with van der Waals surface area (Å²) < 4.78 is 6.39. The molecule has 1 amide bonds. The average Bonchev–Trinajstić information content (AvgIpc) is 3.14. The molecule has 0 saturated carbocycles. The Morgan fingerprint density at radius 1 is 1.21 bits per heavy atom. The molecular weight excluding hydrogens is 364 g/mol. The molecule has 0 aliphatic rings. The van der Waals surface area contributed by atoms with Crippen molar-refractivity contribution in [3.63, 3.8) is 0 Å². The summed E-state index contributed by atoms with van der Waals surface area (Å²) in [7, 11) is 1.68. The van der Waals surface area contributed by atoms with Gasteiger partial charge >= 0.3 is 0 Å². The normalized spacial score (nSPS) is 10.8. The minimum Gasteiger partial charge on any atom is -0.386 e. The van der Waals surface area contributed by atoms with E-state index >= 15 is 0 Å². The standard InChI is InChI=1S/C17H14N8O3/c1-19-11-5-12(23-14-13(11)24-28-15(14)16(18)26)22-10-3-2-4-25(17(10)27)9-6-20-8-21-7-9/h2-8,19H,1H3,(H2,18,26)(H,22,23). The molecule has 4 aromatic heterocycles. The predicted octanol–water partition coefficient (Wildman–Crippen LogP) is 1.05. The third-order valence-electron chi connectivity index (χ3n) is 3.96. The van der Waals surface area contributed by atoms with Crippen LogP contribution in [0.3, 0.4) is 0 Å². The van der Waals surface area contributed by atoms with Crippen LogP contribution >= 0.6 is 0 Å². The summed E-state index contributed by atoms with van der Waals surface area (Å²) in [5.41, 5.74) is 6.86. The zero-order valence-corrected chi connectivity index (χ0v) is 14.6. The Bertz CT molecular complexity index is 1230. The van der Waals surface area contributed by atoms with Crippen molar-refractivity contribution in [2.24, 2.45) is 5.73 Å². The molecule has 4 rings (SSSR count). The Morgan fingerprint density at radius 2 is 2.00 bits per heavy atom. The zero-order chi connectivity index (χ0) is 19.7. The third-order valence-corrected chi connectivity index (χ3v) is 3.96. The van der Waals surface area contributed by atoms with E-state index in [1.54, 1.807) is 31.4 Å². The highest BCUT2D eigenvalue weighted by Crippen LogP contribution is 2.27. The molecule has 0 aromatic carbocycles. The number of nitrogens with zero attached hydrogens (tertiary/aromatic N) is 5. The van der Waals surface area contributed by atoms with Gasteiger partial charge in [0.05, 0.1) is 23.8 Å². The van der Waals surface area contributed by atoms with Crippen molar-refractivity contribution in [1.29, 1.82) is 0 Å². The Balaban J connectivity index is 1.80. The Labute approximate surface area is 157 Å². The number of pyridine rings is 2. The summed E-state index contributed by atoms with van der Waals surface area (Å²) in [5, 5.41) is 9.73. The van der Waals surface area contributed by atoms with E-state index < -0.39 is 5.91 Å². The van der Waals surface area contributed by atoms with Crippen molar-refractivity contribution in [3.8, 4) is 5.69 Å². The molecule has 11 heteroatoms. The lowest BCUT2D eigenvalue weighted by Gasteiger charge is -2.10. The maximum Gasteiger partial charge on any atom is 0.289 e. The molecule has 0 radical (unpaired) electrons. The highest BCUT2D eigenvalue weighted by molar-refractivity contribution is 6.04. The topological polar surface area (TPSA) is 154 Å². The first-order valence-electron chi connectivity index (χ1n) is 8.10. The number of hydrogen-bond acceptors (Lipinski definition) is 9. The SMILES string of the molecule is CNc1cc(Nc2cccn(-c3cncnc3)c2=O)nc2c(C(N)=O)onc12. The second kappa shape index (κ2) is 6.79. The molecule has 4 heterocycles. The molecule has 11 nitrogen and oxygen atoms in total. The maximum atomic E-state index is 12.8. The number of nitrogens with two attached hydrogens (primary N) is 1. The summed E-state index contributed by atoms with van der Waals surface area (Å²) >= 11 is 0. The Morgan fingerprint density at radius 3 is 2.71 bits per heavy atom. The number of nitrogens with one attached hydrogen (secondary N) is 2. The lowest BCUT2D eigenvalue weighted by Crippen LogP contribution is -2.20. The van der Waals surface area contributed by atoms with Crippen molar-refractivity contribution >= 4 is 34.1 Å². The van der Waals surface area contributed by atoms with Crippen molar-refractivity contribution in [2.45, 2.75) is 0 Å². The largest absolute Gasteiger partial charge is 0.386 e. The third kappa shape index (κ3) is 2.90. The van der Waals surface area contributed by atoms with Gasteiger partial charge in [0.2, 0.25) is 5.76 Å². The first-order chi connectivity index (χ1) is 13.6. The average molecular weight is 378 g/mol. The van der Waals surface area contributed by atoms with Crippen LogP contribution in [0.1, 0.15) is 10.6 Å². The van der Waals surface area contributed by atoms with Crippen LogP contribution in [-0.2, 0) is 0 Å². The van der Waals surface area contributed by atoms with Crippen LogP contribution in [0.15, 0.2) is 52.4 Å². The Kier molecular flexibility index (Phi) is 4.16. The molecule has 0 aliphatic carbocycles. The summed E-state index contributed by atoms with van der Waals surface area (Å²) in [5.74, 6) is -0.649. The molecule has 4 N–H and O–H groups in total. The molecule has 0 fully saturated rings. The summed E-state index contributed by atoms with van der Waals surface area (Å²) in [6.07, 6.45) is 6.03. The van der Waals surface area contributed by atoms with E-state index in [4.69, 9.17) is 10.3 Å². The van der Waals surface area contributed by atoms with Crippen LogP contribution < -0.4 is 21.9 Å². The number of fused-ring (bicyclic) bond motifs is 1. The monoisotopic (exact) mass is 378 g/mol. The van der Waals surface area contributed by atoms with Crippen molar-refractivity contribution in [2.75, 3.05) is 17.7 Å². The maximum absolute atomic E-state index is 12.8. The predicted molar refractivity (Wildman–Crippen MR) is 101 cm³/mol. The molecule has 0 aliphatic heterocycles.